The summed E-state index contributed by atoms with van der Waals surface area (Å²) in [6.45, 7) is 2.76. The molecule has 0 saturated carbocycles. The Hall–Kier alpha value is -1.25. The summed E-state index contributed by atoms with van der Waals surface area (Å²) in [7, 11) is 0. The smallest absolute Gasteiger partial charge is 0.123 e. The van der Waals surface area contributed by atoms with E-state index in [9.17, 15) is 4.39 Å². The van der Waals surface area contributed by atoms with Gasteiger partial charge in [0.05, 0.1) is 10.7 Å². The van der Waals surface area contributed by atoms with E-state index >= 15 is 0 Å². The SMILES string of the molecule is CCN(c1ccc(F)cc1)c1ccc(CCl)cc1Cl. The van der Waals surface area contributed by atoms with Gasteiger partial charge >= 0.3 is 0 Å². The second-order valence-corrected chi connectivity index (χ2v) is 4.81. The molecule has 100 valence electrons. The van der Waals surface area contributed by atoms with Gasteiger partial charge in [-0.1, -0.05) is 17.7 Å². The number of anilines is 2. The lowest BCUT2D eigenvalue weighted by atomic mass is 10.2. The van der Waals surface area contributed by atoms with Crippen LogP contribution in [0.3, 0.4) is 0 Å². The summed E-state index contributed by atoms with van der Waals surface area (Å²) >= 11 is 12.1. The van der Waals surface area contributed by atoms with Crippen LogP contribution in [0.2, 0.25) is 5.02 Å². The van der Waals surface area contributed by atoms with Gasteiger partial charge < -0.3 is 4.90 Å². The van der Waals surface area contributed by atoms with Crippen LogP contribution in [-0.4, -0.2) is 6.54 Å². The monoisotopic (exact) mass is 297 g/mol. The average molecular weight is 298 g/mol. The average Bonchev–Trinajstić information content (AvgIpc) is 2.43. The van der Waals surface area contributed by atoms with Crippen LogP contribution in [0, 0.1) is 5.82 Å². The summed E-state index contributed by atoms with van der Waals surface area (Å²) in [5.74, 6) is 0.186. The highest BCUT2D eigenvalue weighted by Crippen LogP contribution is 2.32. The normalized spacial score (nSPS) is 10.5. The van der Waals surface area contributed by atoms with E-state index in [4.69, 9.17) is 23.2 Å². The van der Waals surface area contributed by atoms with E-state index in [1.54, 1.807) is 12.1 Å². The molecule has 2 aromatic rings. The standard InChI is InChI=1S/C15H14Cl2FN/c1-2-19(13-6-4-12(18)5-7-13)15-8-3-11(10-16)9-14(15)17/h3-9H,2,10H2,1H3. The third-order valence-corrected chi connectivity index (χ3v) is 3.52. The van der Waals surface area contributed by atoms with Crippen LogP contribution in [0.5, 0.6) is 0 Å². The number of benzene rings is 2. The first-order valence-electron chi connectivity index (χ1n) is 6.03. The van der Waals surface area contributed by atoms with Gasteiger partial charge in [-0.15, -0.1) is 11.6 Å². The molecule has 0 radical (unpaired) electrons. The van der Waals surface area contributed by atoms with Crippen LogP contribution in [-0.2, 0) is 5.88 Å². The highest BCUT2D eigenvalue weighted by atomic mass is 35.5. The second-order valence-electron chi connectivity index (χ2n) is 4.14. The zero-order valence-corrected chi connectivity index (χ0v) is 12.0. The number of hydrogen-bond donors (Lipinski definition) is 0. The van der Waals surface area contributed by atoms with Gasteiger partial charge in [0.2, 0.25) is 0 Å². The molecule has 19 heavy (non-hydrogen) atoms. The van der Waals surface area contributed by atoms with E-state index in [0.717, 1.165) is 23.5 Å². The Morgan fingerprint density at radius 2 is 1.79 bits per heavy atom. The van der Waals surface area contributed by atoms with Crippen molar-refractivity contribution in [2.24, 2.45) is 0 Å². The minimum atomic E-state index is -0.247. The van der Waals surface area contributed by atoms with Gasteiger partial charge in [0.1, 0.15) is 5.82 Å². The fourth-order valence-corrected chi connectivity index (χ4v) is 2.44. The van der Waals surface area contributed by atoms with Crippen molar-refractivity contribution in [2.45, 2.75) is 12.8 Å². The van der Waals surface area contributed by atoms with Gasteiger partial charge in [0, 0.05) is 18.1 Å². The molecule has 0 amide bonds. The molecule has 0 N–H and O–H groups in total. The minimum absolute atomic E-state index is 0.247. The lowest BCUT2D eigenvalue weighted by Gasteiger charge is -2.24. The Kier molecular flexibility index (Phi) is 4.67. The van der Waals surface area contributed by atoms with Crippen molar-refractivity contribution in [1.29, 1.82) is 0 Å². The second kappa shape index (κ2) is 6.27. The van der Waals surface area contributed by atoms with E-state index in [0.29, 0.717) is 10.9 Å². The first-order chi connectivity index (χ1) is 9.15. The summed E-state index contributed by atoms with van der Waals surface area (Å²) in [5, 5.41) is 0.643. The molecule has 0 fully saturated rings. The van der Waals surface area contributed by atoms with Crippen LogP contribution in [0.25, 0.3) is 0 Å². The van der Waals surface area contributed by atoms with Crippen LogP contribution in [0.15, 0.2) is 42.5 Å². The zero-order valence-electron chi connectivity index (χ0n) is 10.5. The number of nitrogens with zero attached hydrogens (tertiary/aromatic N) is 1. The van der Waals surface area contributed by atoms with Crippen LogP contribution in [0.1, 0.15) is 12.5 Å². The number of alkyl halides is 1. The van der Waals surface area contributed by atoms with Gasteiger partial charge in [-0.05, 0) is 48.9 Å². The van der Waals surface area contributed by atoms with Crippen LogP contribution >= 0.6 is 23.2 Å². The van der Waals surface area contributed by atoms with Crippen molar-refractivity contribution in [3.63, 3.8) is 0 Å². The minimum Gasteiger partial charge on any atom is -0.341 e. The van der Waals surface area contributed by atoms with Crippen LogP contribution in [0.4, 0.5) is 15.8 Å². The van der Waals surface area contributed by atoms with Crippen LogP contribution < -0.4 is 4.90 Å². The fourth-order valence-electron chi connectivity index (χ4n) is 1.97. The van der Waals surface area contributed by atoms with Gasteiger partial charge in [0.25, 0.3) is 0 Å². The van der Waals surface area contributed by atoms with Gasteiger partial charge in [-0.2, -0.15) is 0 Å². The largest absolute Gasteiger partial charge is 0.341 e. The van der Waals surface area contributed by atoms with E-state index < -0.39 is 0 Å². The summed E-state index contributed by atoms with van der Waals surface area (Å²) in [5.41, 5.74) is 2.78. The quantitative estimate of drug-likeness (QED) is 0.685. The van der Waals surface area contributed by atoms with Crippen molar-refractivity contribution < 1.29 is 4.39 Å². The van der Waals surface area contributed by atoms with E-state index in [-0.39, 0.29) is 5.82 Å². The molecule has 0 aromatic heterocycles. The maximum absolute atomic E-state index is 13.0. The molecule has 0 saturated heterocycles. The topological polar surface area (TPSA) is 3.24 Å². The number of rotatable bonds is 4. The number of hydrogen-bond acceptors (Lipinski definition) is 1. The Bertz CT molecular complexity index is 555. The molecular formula is C15H14Cl2FN. The highest BCUT2D eigenvalue weighted by molar-refractivity contribution is 6.33. The maximum atomic E-state index is 13.0. The first kappa shape index (κ1) is 14.2. The Balaban J connectivity index is 2.39. The fraction of sp³-hybridized carbons (Fsp3) is 0.200. The molecule has 0 unspecified atom stereocenters. The predicted octanol–water partition coefficient (Wildman–Crippen LogP) is 5.38. The lowest BCUT2D eigenvalue weighted by molar-refractivity contribution is 0.628. The predicted molar refractivity (Wildman–Crippen MR) is 80.1 cm³/mol. The molecule has 0 heterocycles. The van der Waals surface area contributed by atoms with Crippen molar-refractivity contribution in [3.05, 3.63) is 58.9 Å². The van der Waals surface area contributed by atoms with E-state index in [1.807, 2.05) is 30.0 Å². The Morgan fingerprint density at radius 3 is 2.32 bits per heavy atom. The molecule has 0 aliphatic carbocycles. The molecule has 0 bridgehead atoms. The molecule has 0 aliphatic heterocycles. The highest BCUT2D eigenvalue weighted by Gasteiger charge is 2.11. The van der Waals surface area contributed by atoms with Crippen molar-refractivity contribution in [2.75, 3.05) is 11.4 Å². The molecular weight excluding hydrogens is 284 g/mol. The molecule has 2 aromatic carbocycles. The Morgan fingerprint density at radius 1 is 1.11 bits per heavy atom. The van der Waals surface area contributed by atoms with Crippen molar-refractivity contribution in [3.8, 4) is 0 Å². The van der Waals surface area contributed by atoms with Gasteiger partial charge in [0.15, 0.2) is 0 Å². The van der Waals surface area contributed by atoms with Crippen molar-refractivity contribution >= 4 is 34.6 Å². The lowest BCUT2D eigenvalue weighted by Crippen LogP contribution is -2.16. The third kappa shape index (κ3) is 3.20. The molecule has 0 spiro atoms. The molecule has 4 heteroatoms. The molecule has 0 aliphatic rings. The summed E-state index contributed by atoms with van der Waals surface area (Å²) in [6.07, 6.45) is 0. The third-order valence-electron chi connectivity index (χ3n) is 2.91. The number of halogens is 3. The summed E-state index contributed by atoms with van der Waals surface area (Å²) in [4.78, 5) is 2.03. The summed E-state index contributed by atoms with van der Waals surface area (Å²) in [6, 6.07) is 12.1. The van der Waals surface area contributed by atoms with E-state index in [2.05, 4.69) is 0 Å². The maximum Gasteiger partial charge on any atom is 0.123 e. The van der Waals surface area contributed by atoms with Crippen molar-refractivity contribution in [1.82, 2.24) is 0 Å². The molecule has 1 nitrogen and oxygen atoms in total. The molecule has 0 atom stereocenters. The summed E-state index contributed by atoms with van der Waals surface area (Å²) < 4.78 is 13.0. The zero-order chi connectivity index (χ0) is 13.8. The van der Waals surface area contributed by atoms with E-state index in [1.165, 1.54) is 12.1 Å². The Labute approximate surface area is 122 Å². The van der Waals surface area contributed by atoms with Gasteiger partial charge in [-0.25, -0.2) is 4.39 Å². The first-order valence-corrected chi connectivity index (χ1v) is 6.94. The van der Waals surface area contributed by atoms with Gasteiger partial charge in [-0.3, -0.25) is 0 Å². The molecule has 2 rings (SSSR count).